The van der Waals surface area contributed by atoms with E-state index >= 15 is 0 Å². The Morgan fingerprint density at radius 1 is 1.52 bits per heavy atom. The molecule has 0 bridgehead atoms. The van der Waals surface area contributed by atoms with E-state index in [0.29, 0.717) is 13.1 Å². The zero-order chi connectivity index (χ0) is 15.6. The number of halogens is 1. The average Bonchev–Trinajstić information content (AvgIpc) is 2.47. The summed E-state index contributed by atoms with van der Waals surface area (Å²) >= 11 is 0. The molecular formula is C14H18FN3O2S. The zero-order valence-electron chi connectivity index (χ0n) is 11.8. The quantitative estimate of drug-likeness (QED) is 0.915. The summed E-state index contributed by atoms with van der Waals surface area (Å²) in [5.74, 6) is -0.604. The van der Waals surface area contributed by atoms with Crippen molar-refractivity contribution in [3.63, 3.8) is 0 Å². The Morgan fingerprint density at radius 2 is 2.24 bits per heavy atom. The second-order valence-electron chi connectivity index (χ2n) is 5.38. The molecule has 2 N–H and O–H groups in total. The first kappa shape index (κ1) is 15.9. The number of piperidine rings is 1. The van der Waals surface area contributed by atoms with Crippen molar-refractivity contribution < 1.29 is 12.8 Å². The largest absolute Gasteiger partial charge is 0.328 e. The van der Waals surface area contributed by atoms with E-state index in [9.17, 15) is 12.8 Å². The maximum absolute atomic E-state index is 13.3. The number of nitrogens with two attached hydrogens (primary N) is 1. The average molecular weight is 311 g/mol. The second kappa shape index (κ2) is 6.10. The molecule has 114 valence electrons. The van der Waals surface area contributed by atoms with Gasteiger partial charge in [-0.25, -0.2) is 12.8 Å². The Bertz CT molecular complexity index is 667. The third-order valence-electron chi connectivity index (χ3n) is 3.86. The number of sulfonamides is 1. The van der Waals surface area contributed by atoms with E-state index in [1.807, 2.05) is 6.92 Å². The molecule has 1 heterocycles. The van der Waals surface area contributed by atoms with Gasteiger partial charge >= 0.3 is 0 Å². The molecule has 1 fully saturated rings. The van der Waals surface area contributed by atoms with Crippen LogP contribution in [0.2, 0.25) is 0 Å². The van der Waals surface area contributed by atoms with Crippen LogP contribution in [-0.4, -0.2) is 31.9 Å². The second-order valence-corrected chi connectivity index (χ2v) is 7.32. The first-order valence-electron chi connectivity index (χ1n) is 6.81. The Balaban J connectivity index is 2.32. The van der Waals surface area contributed by atoms with Crippen LogP contribution < -0.4 is 5.73 Å². The Kier molecular flexibility index (Phi) is 4.61. The van der Waals surface area contributed by atoms with E-state index in [-0.39, 0.29) is 22.4 Å². The molecule has 0 aromatic heterocycles. The van der Waals surface area contributed by atoms with Crippen LogP contribution in [0.15, 0.2) is 23.1 Å². The molecule has 1 aliphatic heterocycles. The van der Waals surface area contributed by atoms with Crippen molar-refractivity contribution in [3.8, 4) is 6.07 Å². The molecule has 2 atom stereocenters. The van der Waals surface area contributed by atoms with Gasteiger partial charge in [-0.15, -0.1) is 0 Å². The van der Waals surface area contributed by atoms with Crippen molar-refractivity contribution >= 4 is 10.0 Å². The van der Waals surface area contributed by atoms with E-state index in [2.05, 4.69) is 0 Å². The van der Waals surface area contributed by atoms with E-state index < -0.39 is 15.8 Å². The molecule has 21 heavy (non-hydrogen) atoms. The zero-order valence-corrected chi connectivity index (χ0v) is 12.6. The number of hydrogen-bond donors (Lipinski definition) is 1. The van der Waals surface area contributed by atoms with Crippen molar-refractivity contribution in [2.75, 3.05) is 13.1 Å². The molecule has 0 aliphatic carbocycles. The van der Waals surface area contributed by atoms with Gasteiger partial charge in [0, 0.05) is 19.1 Å². The molecule has 0 radical (unpaired) electrons. The lowest BCUT2D eigenvalue weighted by molar-refractivity contribution is 0.243. The maximum Gasteiger partial charge on any atom is 0.243 e. The highest BCUT2D eigenvalue weighted by Gasteiger charge is 2.31. The highest BCUT2D eigenvalue weighted by molar-refractivity contribution is 7.89. The molecule has 2 rings (SSSR count). The fourth-order valence-corrected chi connectivity index (χ4v) is 4.08. The number of nitrogens with zero attached hydrogens (tertiary/aromatic N) is 2. The number of benzene rings is 1. The lowest BCUT2D eigenvalue weighted by atomic mass is 9.93. The molecule has 7 heteroatoms. The van der Waals surface area contributed by atoms with Gasteiger partial charge in [-0.3, -0.25) is 0 Å². The van der Waals surface area contributed by atoms with Crippen molar-refractivity contribution in [2.24, 2.45) is 11.7 Å². The van der Waals surface area contributed by atoms with E-state index in [1.54, 1.807) is 6.07 Å². The monoisotopic (exact) mass is 311 g/mol. The lowest BCUT2D eigenvalue weighted by Crippen LogP contribution is -2.44. The van der Waals surface area contributed by atoms with Crippen molar-refractivity contribution in [3.05, 3.63) is 29.6 Å². The van der Waals surface area contributed by atoms with Crippen LogP contribution in [0.1, 0.15) is 25.3 Å². The summed E-state index contributed by atoms with van der Waals surface area (Å²) in [6.07, 6.45) is 1.65. The summed E-state index contributed by atoms with van der Waals surface area (Å²) in [6.45, 7) is 2.65. The van der Waals surface area contributed by atoms with Gasteiger partial charge in [-0.05, 0) is 43.9 Å². The van der Waals surface area contributed by atoms with Gasteiger partial charge in [-0.1, -0.05) is 0 Å². The van der Waals surface area contributed by atoms with Crippen LogP contribution in [0.5, 0.6) is 0 Å². The normalized spacial score (nSPS) is 21.7. The minimum Gasteiger partial charge on any atom is -0.328 e. The predicted octanol–water partition coefficient (Wildman–Crippen LogP) is 1.45. The molecule has 1 aromatic rings. The Hall–Kier alpha value is -1.49. The van der Waals surface area contributed by atoms with Crippen LogP contribution in [0, 0.1) is 23.1 Å². The fraction of sp³-hybridized carbons (Fsp3) is 0.500. The molecule has 1 aromatic carbocycles. The van der Waals surface area contributed by atoms with Gasteiger partial charge < -0.3 is 5.73 Å². The van der Waals surface area contributed by atoms with E-state index in [1.165, 1.54) is 10.4 Å². The highest BCUT2D eigenvalue weighted by atomic mass is 32.2. The Morgan fingerprint density at radius 3 is 2.86 bits per heavy atom. The van der Waals surface area contributed by atoms with Crippen molar-refractivity contribution in [1.29, 1.82) is 5.26 Å². The lowest BCUT2D eigenvalue weighted by Gasteiger charge is -2.33. The SMILES string of the molecule is CC(N)C1CCCN(S(=O)(=O)c2ccc(F)c(C#N)c2)C1. The summed E-state index contributed by atoms with van der Waals surface area (Å²) in [4.78, 5) is -0.0502. The maximum atomic E-state index is 13.3. The molecule has 0 saturated carbocycles. The summed E-state index contributed by atoms with van der Waals surface area (Å²) in [7, 11) is -3.72. The van der Waals surface area contributed by atoms with E-state index in [4.69, 9.17) is 11.0 Å². The van der Waals surface area contributed by atoms with Crippen LogP contribution >= 0.6 is 0 Å². The van der Waals surface area contributed by atoms with Crippen LogP contribution in [-0.2, 0) is 10.0 Å². The first-order chi connectivity index (χ1) is 9.86. The first-order valence-corrected chi connectivity index (χ1v) is 8.25. The number of nitriles is 1. The van der Waals surface area contributed by atoms with Crippen LogP contribution in [0.25, 0.3) is 0 Å². The van der Waals surface area contributed by atoms with Gasteiger partial charge in [-0.2, -0.15) is 9.57 Å². The van der Waals surface area contributed by atoms with Gasteiger partial charge in [0.1, 0.15) is 11.9 Å². The summed E-state index contributed by atoms with van der Waals surface area (Å²) in [5.41, 5.74) is 5.60. The minimum absolute atomic E-state index is 0.0502. The third kappa shape index (κ3) is 3.23. The molecule has 1 aliphatic rings. The number of rotatable bonds is 3. The fourth-order valence-electron chi connectivity index (χ4n) is 2.52. The smallest absolute Gasteiger partial charge is 0.243 e. The third-order valence-corrected chi connectivity index (χ3v) is 5.72. The molecule has 1 saturated heterocycles. The van der Waals surface area contributed by atoms with Gasteiger partial charge in [0.25, 0.3) is 0 Å². The van der Waals surface area contributed by atoms with Gasteiger partial charge in [0.05, 0.1) is 10.5 Å². The standard InChI is InChI=1S/C14H18FN3O2S/c1-10(17)11-3-2-6-18(9-11)21(19,20)13-4-5-14(15)12(7-13)8-16/h4-5,7,10-11H,2-3,6,9,17H2,1H3. The molecule has 2 unspecified atom stereocenters. The van der Waals surface area contributed by atoms with Gasteiger partial charge in [0.2, 0.25) is 10.0 Å². The van der Waals surface area contributed by atoms with Crippen molar-refractivity contribution in [2.45, 2.75) is 30.7 Å². The van der Waals surface area contributed by atoms with Crippen molar-refractivity contribution in [1.82, 2.24) is 4.31 Å². The van der Waals surface area contributed by atoms with Crippen LogP contribution in [0.3, 0.4) is 0 Å². The summed E-state index contributed by atoms with van der Waals surface area (Å²) in [6, 6.07) is 4.87. The molecule has 0 spiro atoms. The Labute approximate surface area is 124 Å². The minimum atomic E-state index is -3.72. The molecule has 5 nitrogen and oxygen atoms in total. The topological polar surface area (TPSA) is 87.2 Å². The van der Waals surface area contributed by atoms with Crippen LogP contribution in [0.4, 0.5) is 4.39 Å². The summed E-state index contributed by atoms with van der Waals surface area (Å²) < 4.78 is 39.9. The molecular weight excluding hydrogens is 293 g/mol. The van der Waals surface area contributed by atoms with Gasteiger partial charge in [0.15, 0.2) is 0 Å². The highest BCUT2D eigenvalue weighted by Crippen LogP contribution is 2.25. The number of hydrogen-bond acceptors (Lipinski definition) is 4. The predicted molar refractivity (Wildman–Crippen MR) is 76.2 cm³/mol. The molecule has 0 amide bonds. The van der Waals surface area contributed by atoms with E-state index in [0.717, 1.165) is 25.0 Å². The summed E-state index contributed by atoms with van der Waals surface area (Å²) in [5, 5.41) is 8.82.